The molecule has 0 aromatic heterocycles. The van der Waals surface area contributed by atoms with Crippen LogP contribution in [0.4, 0.5) is 0 Å². The number of aliphatic hydroxyl groups is 2. The average Bonchev–Trinajstić information content (AvgIpc) is 1.83. The van der Waals surface area contributed by atoms with Gasteiger partial charge in [0.2, 0.25) is 0 Å². The molecular formula is C6H12O4S2. The molecule has 0 aliphatic rings. The minimum Gasteiger partial charge on any atom is -0.457 e. The Morgan fingerprint density at radius 2 is 2.17 bits per heavy atom. The topological polar surface area (TPSA) is 66.8 Å². The van der Waals surface area contributed by atoms with Crippen LogP contribution >= 0.6 is 25.3 Å². The van der Waals surface area contributed by atoms with E-state index in [4.69, 9.17) is 5.11 Å². The molecule has 0 heterocycles. The van der Waals surface area contributed by atoms with Crippen molar-refractivity contribution >= 4 is 31.2 Å². The van der Waals surface area contributed by atoms with Gasteiger partial charge in [0, 0.05) is 20.0 Å². The highest BCUT2D eigenvalue weighted by molar-refractivity contribution is 8.00. The lowest BCUT2D eigenvalue weighted by atomic mass is 10.3. The Hall–Kier alpha value is 0.0900. The Morgan fingerprint density at radius 3 is 2.42 bits per heavy atom. The largest absolute Gasteiger partial charge is 0.457 e. The van der Waals surface area contributed by atoms with Crippen molar-refractivity contribution in [1.82, 2.24) is 0 Å². The maximum atomic E-state index is 10.5. The van der Waals surface area contributed by atoms with Crippen LogP contribution in [0, 0.1) is 0 Å². The number of hydrogen-bond donors (Lipinski definition) is 4. The number of aliphatic hydroxyl groups excluding tert-OH is 1. The number of rotatable bonds is 4. The van der Waals surface area contributed by atoms with Crippen LogP contribution < -0.4 is 0 Å². The molecule has 0 aliphatic carbocycles. The molecule has 0 rings (SSSR count). The van der Waals surface area contributed by atoms with E-state index >= 15 is 0 Å². The first-order chi connectivity index (χ1) is 5.38. The summed E-state index contributed by atoms with van der Waals surface area (Å²) in [7, 11) is 0. The molecule has 0 bridgehead atoms. The molecule has 0 amide bonds. The fourth-order valence-corrected chi connectivity index (χ4v) is 1.01. The third kappa shape index (κ3) is 4.87. The van der Waals surface area contributed by atoms with Crippen molar-refractivity contribution in [3.05, 3.63) is 0 Å². The minimum atomic E-state index is -1.71. The standard InChI is InChI=1S/C6H12O4S2/c1-4(8)10-5(2-3-7)6(9,11)12/h5,7,9,11-12H,2-3H2,1H3. The zero-order valence-corrected chi connectivity index (χ0v) is 8.39. The first kappa shape index (κ1) is 12.1. The molecule has 0 aromatic rings. The van der Waals surface area contributed by atoms with E-state index in [0.717, 1.165) is 0 Å². The normalized spacial score (nSPS) is 14.1. The van der Waals surface area contributed by atoms with E-state index in [1.165, 1.54) is 6.92 Å². The van der Waals surface area contributed by atoms with Crippen LogP contribution in [0.5, 0.6) is 0 Å². The fourth-order valence-electron chi connectivity index (χ4n) is 0.649. The van der Waals surface area contributed by atoms with E-state index in [1.54, 1.807) is 0 Å². The van der Waals surface area contributed by atoms with Gasteiger partial charge in [-0.3, -0.25) is 4.79 Å². The second-order valence-corrected chi connectivity index (χ2v) is 4.01. The van der Waals surface area contributed by atoms with E-state index in [0.29, 0.717) is 0 Å². The summed E-state index contributed by atoms with van der Waals surface area (Å²) in [6.07, 6.45) is -0.810. The van der Waals surface area contributed by atoms with Gasteiger partial charge in [-0.2, -0.15) is 0 Å². The third-order valence-corrected chi connectivity index (χ3v) is 1.71. The second kappa shape index (κ2) is 4.96. The smallest absolute Gasteiger partial charge is 0.303 e. The summed E-state index contributed by atoms with van der Waals surface area (Å²) < 4.78 is 2.94. The van der Waals surface area contributed by atoms with Crippen LogP contribution in [0.2, 0.25) is 0 Å². The van der Waals surface area contributed by atoms with Crippen LogP contribution in [0.3, 0.4) is 0 Å². The summed E-state index contributed by atoms with van der Waals surface area (Å²) in [4.78, 5) is 10.5. The van der Waals surface area contributed by atoms with Crippen molar-refractivity contribution in [3.8, 4) is 0 Å². The Balaban J connectivity index is 4.13. The highest BCUT2D eigenvalue weighted by Crippen LogP contribution is 2.25. The van der Waals surface area contributed by atoms with Gasteiger partial charge in [0.1, 0.15) is 0 Å². The summed E-state index contributed by atoms with van der Waals surface area (Å²) in [5.41, 5.74) is 0. The van der Waals surface area contributed by atoms with Crippen molar-refractivity contribution in [2.45, 2.75) is 23.7 Å². The molecule has 72 valence electrons. The fraction of sp³-hybridized carbons (Fsp3) is 0.833. The lowest BCUT2D eigenvalue weighted by molar-refractivity contribution is -0.151. The van der Waals surface area contributed by atoms with Gasteiger partial charge in [-0.1, -0.05) is 0 Å². The second-order valence-electron chi connectivity index (χ2n) is 2.30. The molecule has 12 heavy (non-hydrogen) atoms. The van der Waals surface area contributed by atoms with E-state index in [1.807, 2.05) is 0 Å². The summed E-state index contributed by atoms with van der Waals surface area (Å²) in [6.45, 7) is 0.999. The average molecular weight is 212 g/mol. The molecule has 0 fully saturated rings. The van der Waals surface area contributed by atoms with E-state index in [-0.39, 0.29) is 13.0 Å². The summed E-state index contributed by atoms with van der Waals surface area (Å²) in [6, 6.07) is 0. The molecule has 0 aliphatic heterocycles. The molecule has 1 unspecified atom stereocenters. The summed E-state index contributed by atoms with van der Waals surface area (Å²) in [5.74, 6) is -0.546. The number of carbonyl (C=O) groups excluding carboxylic acids is 1. The SMILES string of the molecule is CC(=O)OC(CCO)C(O)(S)S. The van der Waals surface area contributed by atoms with Crippen molar-refractivity contribution in [1.29, 1.82) is 0 Å². The predicted octanol–water partition coefficient (Wildman–Crippen LogP) is -0.194. The number of carbonyl (C=O) groups is 1. The Bertz CT molecular complexity index is 154. The molecule has 0 aromatic carbocycles. The monoisotopic (exact) mass is 212 g/mol. The van der Waals surface area contributed by atoms with E-state index in [2.05, 4.69) is 30.0 Å². The van der Waals surface area contributed by atoms with Crippen LogP contribution in [0.1, 0.15) is 13.3 Å². The first-order valence-corrected chi connectivity index (χ1v) is 4.22. The number of hydrogen-bond acceptors (Lipinski definition) is 6. The molecule has 1 atom stereocenters. The predicted molar refractivity (Wildman–Crippen MR) is 50.2 cm³/mol. The van der Waals surface area contributed by atoms with Crippen LogP contribution in [-0.4, -0.2) is 33.2 Å². The Kier molecular flexibility index (Phi) is 5.00. The molecule has 4 nitrogen and oxygen atoms in total. The molecular weight excluding hydrogens is 200 g/mol. The van der Waals surface area contributed by atoms with Gasteiger partial charge < -0.3 is 14.9 Å². The third-order valence-electron chi connectivity index (χ3n) is 1.13. The van der Waals surface area contributed by atoms with Gasteiger partial charge in [0.25, 0.3) is 0 Å². The maximum Gasteiger partial charge on any atom is 0.303 e. The quantitative estimate of drug-likeness (QED) is 0.296. The van der Waals surface area contributed by atoms with E-state index < -0.39 is 16.3 Å². The lowest BCUT2D eigenvalue weighted by Crippen LogP contribution is -2.35. The summed E-state index contributed by atoms with van der Waals surface area (Å²) in [5, 5.41) is 17.7. The Morgan fingerprint density at radius 1 is 1.67 bits per heavy atom. The molecule has 0 saturated heterocycles. The van der Waals surface area contributed by atoms with Crippen LogP contribution in [0.25, 0.3) is 0 Å². The van der Waals surface area contributed by atoms with Crippen LogP contribution in [-0.2, 0) is 9.53 Å². The van der Waals surface area contributed by atoms with Gasteiger partial charge >= 0.3 is 5.97 Å². The molecule has 0 saturated carbocycles. The van der Waals surface area contributed by atoms with Crippen molar-refractivity contribution < 1.29 is 19.7 Å². The van der Waals surface area contributed by atoms with Crippen molar-refractivity contribution in [2.75, 3.05) is 6.61 Å². The summed E-state index contributed by atoms with van der Waals surface area (Å²) >= 11 is 7.38. The minimum absolute atomic E-state index is 0.100. The van der Waals surface area contributed by atoms with Gasteiger partial charge in [-0.15, -0.1) is 25.3 Å². The number of thiol groups is 2. The lowest BCUT2D eigenvalue weighted by Gasteiger charge is -2.25. The van der Waals surface area contributed by atoms with Crippen LogP contribution in [0.15, 0.2) is 0 Å². The highest BCUT2D eigenvalue weighted by atomic mass is 32.2. The van der Waals surface area contributed by atoms with Gasteiger partial charge in [-0.05, 0) is 0 Å². The number of ether oxygens (including phenoxy) is 1. The molecule has 0 radical (unpaired) electrons. The number of esters is 1. The maximum absolute atomic E-state index is 10.5. The van der Waals surface area contributed by atoms with E-state index in [9.17, 15) is 9.90 Å². The Labute approximate surface area is 81.7 Å². The zero-order valence-electron chi connectivity index (χ0n) is 6.60. The molecule has 2 N–H and O–H groups in total. The zero-order chi connectivity index (χ0) is 9.78. The van der Waals surface area contributed by atoms with Crippen molar-refractivity contribution in [2.24, 2.45) is 0 Å². The molecule has 6 heteroatoms. The van der Waals surface area contributed by atoms with Gasteiger partial charge in [-0.25, -0.2) is 0 Å². The highest BCUT2D eigenvalue weighted by Gasteiger charge is 2.31. The van der Waals surface area contributed by atoms with Crippen molar-refractivity contribution in [3.63, 3.8) is 0 Å². The first-order valence-electron chi connectivity index (χ1n) is 3.33. The van der Waals surface area contributed by atoms with Gasteiger partial charge in [0.05, 0.1) is 0 Å². The van der Waals surface area contributed by atoms with Gasteiger partial charge in [0.15, 0.2) is 10.4 Å². The molecule has 0 spiro atoms.